The molecule has 6 nitrogen and oxygen atoms in total. The minimum Gasteiger partial charge on any atom is -0.455 e. The number of para-hydroxylation sites is 4. The van der Waals surface area contributed by atoms with Crippen LogP contribution in [0.15, 0.2) is 97.3 Å². The summed E-state index contributed by atoms with van der Waals surface area (Å²) in [5.41, 5.74) is 2.68. The van der Waals surface area contributed by atoms with Gasteiger partial charge in [-0.25, -0.2) is 4.68 Å². The molecule has 0 unspecified atom stereocenters. The van der Waals surface area contributed by atoms with E-state index >= 15 is 0 Å². The lowest BCUT2D eigenvalue weighted by molar-refractivity contribution is -0.117. The Hall–Kier alpha value is -3.90. The number of carbonyl (C=O) groups is 1. The Morgan fingerprint density at radius 3 is 2.42 bits per heavy atom. The van der Waals surface area contributed by atoms with E-state index in [1.54, 1.807) is 0 Å². The molecule has 156 valence electrons. The normalized spacial score (nSPS) is 10.8. The number of aromatic nitrogens is 2. The quantitative estimate of drug-likeness (QED) is 0.454. The molecule has 1 N–H and O–H groups in total. The topological polar surface area (TPSA) is 59.4 Å². The van der Waals surface area contributed by atoms with Gasteiger partial charge in [-0.1, -0.05) is 48.5 Å². The van der Waals surface area contributed by atoms with Crippen molar-refractivity contribution in [3.8, 4) is 17.2 Å². The number of amides is 1. The molecule has 0 fully saturated rings. The van der Waals surface area contributed by atoms with Gasteiger partial charge in [-0.15, -0.1) is 0 Å². The number of carbonyl (C=O) groups excluding carboxylic acids is 1. The maximum atomic E-state index is 12.6. The molecule has 4 aromatic rings. The highest BCUT2D eigenvalue weighted by Crippen LogP contribution is 2.29. The van der Waals surface area contributed by atoms with Crippen LogP contribution in [0.25, 0.3) is 5.69 Å². The second-order valence-corrected chi connectivity index (χ2v) is 7.26. The van der Waals surface area contributed by atoms with Gasteiger partial charge in [0.2, 0.25) is 5.91 Å². The van der Waals surface area contributed by atoms with Gasteiger partial charge in [-0.05, 0) is 43.4 Å². The van der Waals surface area contributed by atoms with Crippen molar-refractivity contribution in [3.05, 3.63) is 103 Å². The maximum Gasteiger partial charge on any atom is 0.238 e. The first-order valence-electron chi connectivity index (χ1n) is 10.1. The molecule has 0 radical (unpaired) electrons. The molecule has 0 aliphatic carbocycles. The van der Waals surface area contributed by atoms with Crippen molar-refractivity contribution < 1.29 is 9.53 Å². The Morgan fingerprint density at radius 1 is 0.968 bits per heavy atom. The van der Waals surface area contributed by atoms with E-state index in [-0.39, 0.29) is 12.5 Å². The zero-order chi connectivity index (χ0) is 21.5. The third-order valence-corrected chi connectivity index (χ3v) is 4.65. The van der Waals surface area contributed by atoms with Crippen LogP contribution < -0.4 is 10.1 Å². The minimum atomic E-state index is -0.109. The van der Waals surface area contributed by atoms with Crippen LogP contribution in [0.3, 0.4) is 0 Å². The van der Waals surface area contributed by atoms with E-state index in [0.29, 0.717) is 18.0 Å². The summed E-state index contributed by atoms with van der Waals surface area (Å²) >= 11 is 0. The first kappa shape index (κ1) is 20.4. The second-order valence-electron chi connectivity index (χ2n) is 7.26. The zero-order valence-corrected chi connectivity index (χ0v) is 17.3. The van der Waals surface area contributed by atoms with E-state index < -0.39 is 0 Å². The summed E-state index contributed by atoms with van der Waals surface area (Å²) in [6.07, 6.45) is 3.80. The molecular formula is C25H24N4O2. The number of likely N-dealkylation sites (N-methyl/N-ethyl adjacent to an activating group) is 1. The Morgan fingerprint density at radius 2 is 1.65 bits per heavy atom. The molecule has 1 amide bonds. The van der Waals surface area contributed by atoms with Gasteiger partial charge < -0.3 is 10.1 Å². The van der Waals surface area contributed by atoms with Gasteiger partial charge in [-0.3, -0.25) is 9.69 Å². The molecule has 4 rings (SSSR count). The van der Waals surface area contributed by atoms with Crippen molar-refractivity contribution in [2.24, 2.45) is 0 Å². The summed E-state index contributed by atoms with van der Waals surface area (Å²) in [5.74, 6) is 1.22. The summed E-state index contributed by atoms with van der Waals surface area (Å²) < 4.78 is 7.75. The maximum absolute atomic E-state index is 12.6. The molecule has 0 aliphatic rings. The fourth-order valence-corrected chi connectivity index (χ4v) is 3.24. The lowest BCUT2D eigenvalue weighted by Gasteiger charge is -2.16. The fraction of sp³-hybridized carbons (Fsp3) is 0.120. The van der Waals surface area contributed by atoms with Crippen molar-refractivity contribution in [1.29, 1.82) is 0 Å². The first-order chi connectivity index (χ1) is 15.2. The summed E-state index contributed by atoms with van der Waals surface area (Å²) in [6.45, 7) is 0.860. The van der Waals surface area contributed by atoms with Gasteiger partial charge in [0.1, 0.15) is 5.75 Å². The van der Waals surface area contributed by atoms with Crippen molar-refractivity contribution in [2.45, 2.75) is 6.54 Å². The molecule has 0 aliphatic heterocycles. The van der Waals surface area contributed by atoms with Crippen LogP contribution in [0.4, 0.5) is 5.69 Å². The largest absolute Gasteiger partial charge is 0.455 e. The predicted molar refractivity (Wildman–Crippen MR) is 121 cm³/mol. The van der Waals surface area contributed by atoms with Gasteiger partial charge in [0.05, 0.1) is 24.1 Å². The molecule has 1 aromatic heterocycles. The number of ether oxygens (including phenoxy) is 1. The van der Waals surface area contributed by atoms with Crippen LogP contribution in [0.2, 0.25) is 0 Å². The average molecular weight is 412 g/mol. The number of hydrogen-bond acceptors (Lipinski definition) is 4. The molecule has 31 heavy (non-hydrogen) atoms. The number of nitrogens with one attached hydrogen (secondary N) is 1. The lowest BCUT2D eigenvalue weighted by Crippen LogP contribution is -2.29. The molecule has 0 saturated carbocycles. The number of hydrogen-bond donors (Lipinski definition) is 1. The van der Waals surface area contributed by atoms with Gasteiger partial charge in [0, 0.05) is 18.3 Å². The van der Waals surface area contributed by atoms with E-state index in [1.807, 2.05) is 114 Å². The standard InChI is InChI=1S/C25H24N4O2/c1-28(17-20-16-26-29(18-20)21-10-4-2-5-11-21)19-25(30)27-23-14-8-9-15-24(23)31-22-12-6-3-7-13-22/h2-16,18H,17,19H2,1H3,(H,27,30). The van der Waals surface area contributed by atoms with Crippen molar-refractivity contribution in [3.63, 3.8) is 0 Å². The molecule has 3 aromatic carbocycles. The SMILES string of the molecule is CN(CC(=O)Nc1ccccc1Oc1ccccc1)Cc1cnn(-c2ccccc2)c1. The third kappa shape index (κ3) is 5.58. The highest BCUT2D eigenvalue weighted by atomic mass is 16.5. The average Bonchev–Trinajstić information content (AvgIpc) is 3.24. The van der Waals surface area contributed by atoms with Gasteiger partial charge in [0.15, 0.2) is 5.75 Å². The first-order valence-corrected chi connectivity index (χ1v) is 10.1. The van der Waals surface area contributed by atoms with Crippen LogP contribution in [0, 0.1) is 0 Å². The van der Waals surface area contributed by atoms with Gasteiger partial charge >= 0.3 is 0 Å². The van der Waals surface area contributed by atoms with E-state index in [9.17, 15) is 4.79 Å². The number of benzene rings is 3. The molecule has 6 heteroatoms. The Balaban J connectivity index is 1.35. The molecule has 0 saturated heterocycles. The van der Waals surface area contributed by atoms with E-state index in [4.69, 9.17) is 4.74 Å². The lowest BCUT2D eigenvalue weighted by atomic mass is 10.2. The molecular weight excluding hydrogens is 388 g/mol. The molecule has 0 atom stereocenters. The number of rotatable bonds is 8. The van der Waals surface area contributed by atoms with Gasteiger partial charge in [0.25, 0.3) is 0 Å². The third-order valence-electron chi connectivity index (χ3n) is 4.65. The molecule has 0 bridgehead atoms. The number of anilines is 1. The summed E-state index contributed by atoms with van der Waals surface area (Å²) in [6, 6.07) is 26.9. The zero-order valence-electron chi connectivity index (χ0n) is 17.3. The molecule has 1 heterocycles. The smallest absolute Gasteiger partial charge is 0.238 e. The van der Waals surface area contributed by atoms with Crippen LogP contribution in [-0.2, 0) is 11.3 Å². The van der Waals surface area contributed by atoms with Crippen LogP contribution in [0.1, 0.15) is 5.56 Å². The van der Waals surface area contributed by atoms with Gasteiger partial charge in [-0.2, -0.15) is 5.10 Å². The summed E-state index contributed by atoms with van der Waals surface area (Å²) in [7, 11) is 1.91. The highest BCUT2D eigenvalue weighted by molar-refractivity contribution is 5.93. The van der Waals surface area contributed by atoms with Crippen molar-refractivity contribution in [2.75, 3.05) is 18.9 Å². The van der Waals surface area contributed by atoms with E-state index in [1.165, 1.54) is 0 Å². The monoisotopic (exact) mass is 412 g/mol. The second kappa shape index (κ2) is 9.73. The minimum absolute atomic E-state index is 0.109. The summed E-state index contributed by atoms with van der Waals surface area (Å²) in [5, 5.41) is 7.36. The highest BCUT2D eigenvalue weighted by Gasteiger charge is 2.12. The Labute approximate surface area is 181 Å². The summed E-state index contributed by atoms with van der Waals surface area (Å²) in [4.78, 5) is 14.6. The fourth-order valence-electron chi connectivity index (χ4n) is 3.24. The van der Waals surface area contributed by atoms with E-state index in [0.717, 1.165) is 17.0 Å². The predicted octanol–water partition coefficient (Wildman–Crippen LogP) is 4.74. The van der Waals surface area contributed by atoms with Crippen LogP contribution in [0.5, 0.6) is 11.5 Å². The van der Waals surface area contributed by atoms with Crippen LogP contribution >= 0.6 is 0 Å². The Kier molecular flexibility index (Phi) is 6.40. The van der Waals surface area contributed by atoms with Crippen molar-refractivity contribution in [1.82, 2.24) is 14.7 Å². The van der Waals surface area contributed by atoms with Crippen molar-refractivity contribution >= 4 is 11.6 Å². The Bertz CT molecular complexity index is 1130. The molecule has 0 spiro atoms. The van der Waals surface area contributed by atoms with Crippen LogP contribution in [-0.4, -0.2) is 34.2 Å². The van der Waals surface area contributed by atoms with E-state index in [2.05, 4.69) is 10.4 Å². The number of nitrogens with zero attached hydrogens (tertiary/aromatic N) is 3.